The van der Waals surface area contributed by atoms with Crippen LogP contribution in [-0.4, -0.2) is 23.7 Å². The van der Waals surface area contributed by atoms with Crippen LogP contribution in [0.1, 0.15) is 13.8 Å². The molecular formula is C24H23N3O3S. The summed E-state index contributed by atoms with van der Waals surface area (Å²) in [4.78, 5) is 17.0. The average molecular weight is 434 g/mol. The lowest BCUT2D eigenvalue weighted by Gasteiger charge is -2.19. The predicted octanol–water partition coefficient (Wildman–Crippen LogP) is 4.56. The molecule has 2 heterocycles. The molecule has 31 heavy (non-hydrogen) atoms. The highest BCUT2D eigenvalue weighted by atomic mass is 32.2. The van der Waals surface area contributed by atoms with E-state index in [2.05, 4.69) is 10.3 Å². The number of rotatable bonds is 6. The highest BCUT2D eigenvalue weighted by Gasteiger charge is 2.21. The van der Waals surface area contributed by atoms with Crippen molar-refractivity contribution in [3.05, 3.63) is 89.2 Å². The van der Waals surface area contributed by atoms with E-state index in [4.69, 9.17) is 0 Å². The summed E-state index contributed by atoms with van der Waals surface area (Å²) >= 11 is 0. The maximum atomic E-state index is 12.9. The van der Waals surface area contributed by atoms with Crippen LogP contribution in [0.25, 0.3) is 16.6 Å². The fourth-order valence-corrected chi connectivity index (χ4v) is 5.06. The first-order valence-corrected chi connectivity index (χ1v) is 11.7. The van der Waals surface area contributed by atoms with Gasteiger partial charge in [0.05, 0.1) is 16.7 Å². The summed E-state index contributed by atoms with van der Waals surface area (Å²) in [6.07, 6.45) is 1.36. The lowest BCUT2D eigenvalue weighted by molar-refractivity contribution is 0.579. The predicted molar refractivity (Wildman–Crippen MR) is 124 cm³/mol. The van der Waals surface area contributed by atoms with E-state index in [-0.39, 0.29) is 22.1 Å². The van der Waals surface area contributed by atoms with Crippen molar-refractivity contribution in [2.45, 2.75) is 18.9 Å². The van der Waals surface area contributed by atoms with Gasteiger partial charge in [-0.2, -0.15) is 0 Å². The monoisotopic (exact) mass is 433 g/mol. The first-order valence-electron chi connectivity index (χ1n) is 10.0. The van der Waals surface area contributed by atoms with Gasteiger partial charge in [0.25, 0.3) is 0 Å². The molecule has 0 amide bonds. The highest BCUT2D eigenvalue weighted by molar-refractivity contribution is 7.91. The Balaban J connectivity index is 2.00. The largest absolute Gasteiger partial charge is 0.341 e. The van der Waals surface area contributed by atoms with Gasteiger partial charge in [-0.3, -0.25) is 9.36 Å². The number of pyridine rings is 2. The normalized spacial score (nSPS) is 11.7. The number of nitrogens with one attached hydrogen (secondary N) is 1. The number of aromatic nitrogens is 2. The second kappa shape index (κ2) is 8.35. The van der Waals surface area contributed by atoms with Crippen molar-refractivity contribution in [2.24, 2.45) is 5.92 Å². The molecule has 4 aromatic rings. The van der Waals surface area contributed by atoms with Crippen LogP contribution in [0.15, 0.2) is 88.8 Å². The molecule has 0 radical (unpaired) electrons. The molecule has 0 aliphatic carbocycles. The van der Waals surface area contributed by atoms with E-state index in [1.54, 1.807) is 0 Å². The van der Waals surface area contributed by atoms with Crippen LogP contribution < -0.4 is 10.7 Å². The van der Waals surface area contributed by atoms with Crippen LogP contribution in [0.5, 0.6) is 0 Å². The number of fused-ring (bicyclic) bond motifs is 1. The summed E-state index contributed by atoms with van der Waals surface area (Å²) in [5.41, 5.74) is 1.85. The van der Waals surface area contributed by atoms with E-state index in [0.29, 0.717) is 16.7 Å². The topological polar surface area (TPSA) is 81.1 Å². The van der Waals surface area contributed by atoms with Gasteiger partial charge in [0, 0.05) is 29.7 Å². The summed E-state index contributed by atoms with van der Waals surface area (Å²) < 4.78 is 27.5. The fourth-order valence-electron chi connectivity index (χ4n) is 3.51. The van der Waals surface area contributed by atoms with E-state index in [1.807, 2.05) is 79.1 Å². The number of hydrogen-bond acceptors (Lipinski definition) is 5. The minimum atomic E-state index is -3.58. The van der Waals surface area contributed by atoms with Gasteiger partial charge in [-0.25, -0.2) is 13.4 Å². The maximum Gasteiger partial charge on any atom is 0.195 e. The second-order valence-electron chi connectivity index (χ2n) is 7.77. The molecule has 0 spiro atoms. The number of anilines is 2. The van der Waals surface area contributed by atoms with E-state index in [1.165, 1.54) is 18.3 Å². The van der Waals surface area contributed by atoms with Gasteiger partial charge in [-0.05, 0) is 30.2 Å². The van der Waals surface area contributed by atoms with Crippen molar-refractivity contribution >= 4 is 32.2 Å². The molecule has 0 atom stereocenters. The molecule has 0 bridgehead atoms. The molecule has 7 heteroatoms. The molecule has 2 aromatic heterocycles. The Kier molecular flexibility index (Phi) is 5.61. The SMILES string of the molecule is CC(C)CS(=O)(=O)c1cc2c(cn1)c(=O)cc(Nc1ccccc1)n2-c1ccccc1. The molecule has 0 unspecified atom stereocenters. The lowest BCUT2D eigenvalue weighted by atomic mass is 10.2. The smallest absolute Gasteiger partial charge is 0.195 e. The van der Waals surface area contributed by atoms with Crippen LogP contribution >= 0.6 is 0 Å². The molecule has 0 saturated heterocycles. The van der Waals surface area contributed by atoms with Crippen LogP contribution in [0.2, 0.25) is 0 Å². The number of hydrogen-bond donors (Lipinski definition) is 1. The summed E-state index contributed by atoms with van der Waals surface area (Å²) in [6.45, 7) is 3.70. The van der Waals surface area contributed by atoms with Gasteiger partial charge in [0.2, 0.25) is 0 Å². The molecule has 2 aromatic carbocycles. The number of benzene rings is 2. The van der Waals surface area contributed by atoms with Crippen LogP contribution in [0.3, 0.4) is 0 Å². The maximum absolute atomic E-state index is 12.9. The lowest BCUT2D eigenvalue weighted by Crippen LogP contribution is -2.16. The third-order valence-electron chi connectivity index (χ3n) is 4.80. The fraction of sp³-hybridized carbons (Fsp3) is 0.167. The summed E-state index contributed by atoms with van der Waals surface area (Å²) in [6, 6.07) is 22.0. The van der Waals surface area contributed by atoms with E-state index >= 15 is 0 Å². The molecule has 0 saturated carbocycles. The summed E-state index contributed by atoms with van der Waals surface area (Å²) in [7, 11) is -3.58. The zero-order valence-corrected chi connectivity index (χ0v) is 18.1. The Morgan fingerprint density at radius 3 is 2.26 bits per heavy atom. The molecule has 158 valence electrons. The summed E-state index contributed by atoms with van der Waals surface area (Å²) in [5.74, 6) is 0.487. The van der Waals surface area contributed by atoms with Gasteiger partial charge >= 0.3 is 0 Å². The molecule has 0 fully saturated rings. The van der Waals surface area contributed by atoms with Crippen LogP contribution in [0, 0.1) is 5.92 Å². The molecular weight excluding hydrogens is 410 g/mol. The van der Waals surface area contributed by atoms with E-state index in [9.17, 15) is 13.2 Å². The molecule has 4 rings (SSSR count). The second-order valence-corrected chi connectivity index (χ2v) is 9.75. The third-order valence-corrected chi connectivity index (χ3v) is 6.77. The number of para-hydroxylation sites is 2. The highest BCUT2D eigenvalue weighted by Crippen LogP contribution is 2.26. The van der Waals surface area contributed by atoms with Gasteiger partial charge in [0.1, 0.15) is 5.82 Å². The van der Waals surface area contributed by atoms with E-state index in [0.717, 1.165) is 11.4 Å². The number of nitrogens with zero attached hydrogens (tertiary/aromatic N) is 2. The van der Waals surface area contributed by atoms with Crippen molar-refractivity contribution in [2.75, 3.05) is 11.1 Å². The first kappa shape index (κ1) is 20.8. The van der Waals surface area contributed by atoms with Crippen LogP contribution in [-0.2, 0) is 9.84 Å². The zero-order valence-electron chi connectivity index (χ0n) is 17.3. The Morgan fingerprint density at radius 1 is 0.968 bits per heavy atom. The van der Waals surface area contributed by atoms with Crippen molar-refractivity contribution in [1.29, 1.82) is 0 Å². The van der Waals surface area contributed by atoms with Crippen molar-refractivity contribution < 1.29 is 8.42 Å². The zero-order chi connectivity index (χ0) is 22.0. The minimum absolute atomic E-state index is 0.0109. The van der Waals surface area contributed by atoms with Gasteiger partial charge in [0.15, 0.2) is 20.3 Å². The van der Waals surface area contributed by atoms with Gasteiger partial charge in [-0.1, -0.05) is 50.2 Å². The Morgan fingerprint density at radius 2 is 1.61 bits per heavy atom. The van der Waals surface area contributed by atoms with Crippen LogP contribution in [0.4, 0.5) is 11.5 Å². The quantitative estimate of drug-likeness (QED) is 0.482. The number of sulfone groups is 1. The molecule has 0 aliphatic heterocycles. The summed E-state index contributed by atoms with van der Waals surface area (Å²) in [5, 5.41) is 3.61. The average Bonchev–Trinajstić information content (AvgIpc) is 2.74. The molecule has 0 aliphatic rings. The molecule has 1 N–H and O–H groups in total. The minimum Gasteiger partial charge on any atom is -0.341 e. The standard InChI is InChI=1S/C24H23N3O3S/c1-17(2)16-31(29,30)24-13-21-20(15-25-24)22(28)14-23(26-18-9-5-3-6-10-18)27(21)19-11-7-4-8-12-19/h3-15,17,26H,16H2,1-2H3. The Bertz CT molecular complexity index is 1380. The molecule has 6 nitrogen and oxygen atoms in total. The van der Waals surface area contributed by atoms with Crippen molar-refractivity contribution in [3.63, 3.8) is 0 Å². The van der Waals surface area contributed by atoms with Gasteiger partial charge in [-0.15, -0.1) is 0 Å². The van der Waals surface area contributed by atoms with Gasteiger partial charge < -0.3 is 5.32 Å². The van der Waals surface area contributed by atoms with Crippen molar-refractivity contribution in [1.82, 2.24) is 9.55 Å². The van der Waals surface area contributed by atoms with E-state index < -0.39 is 9.84 Å². The first-order chi connectivity index (χ1) is 14.8. The Labute approximate surface area is 181 Å². The van der Waals surface area contributed by atoms with Crippen molar-refractivity contribution in [3.8, 4) is 5.69 Å². The third kappa shape index (κ3) is 4.36. The Hall–Kier alpha value is -3.45.